The highest BCUT2D eigenvalue weighted by atomic mass is 16.6. The van der Waals surface area contributed by atoms with Crippen molar-refractivity contribution in [2.75, 3.05) is 13.2 Å². The van der Waals surface area contributed by atoms with Crippen LogP contribution in [-0.2, 0) is 28.6 Å². The van der Waals surface area contributed by atoms with Gasteiger partial charge in [0.05, 0.1) is 5.57 Å². The van der Waals surface area contributed by atoms with Crippen molar-refractivity contribution < 1.29 is 28.6 Å². The summed E-state index contributed by atoms with van der Waals surface area (Å²) in [5.74, 6) is -0.683. The van der Waals surface area contributed by atoms with Gasteiger partial charge in [-0.1, -0.05) is 56.3 Å². The molecule has 2 saturated carbocycles. The summed E-state index contributed by atoms with van der Waals surface area (Å²) in [6.45, 7) is 14.4. The van der Waals surface area contributed by atoms with Crippen molar-refractivity contribution in [3.05, 3.63) is 59.7 Å². The highest BCUT2D eigenvalue weighted by Crippen LogP contribution is 2.62. The number of fused-ring (bicyclic) bond motifs is 1. The average molecular weight is 538 g/mol. The normalized spacial score (nSPS) is 31.9. The highest BCUT2D eigenvalue weighted by Gasteiger charge is 2.60. The predicted molar refractivity (Wildman–Crippen MR) is 148 cm³/mol. The highest BCUT2D eigenvalue weighted by molar-refractivity contribution is 5.91. The van der Waals surface area contributed by atoms with Gasteiger partial charge in [0.2, 0.25) is 0 Å². The fourth-order valence-electron chi connectivity index (χ4n) is 7.57. The Morgan fingerprint density at radius 3 is 2.49 bits per heavy atom. The van der Waals surface area contributed by atoms with Gasteiger partial charge in [0, 0.05) is 31.3 Å². The van der Waals surface area contributed by atoms with Crippen molar-refractivity contribution >= 4 is 17.9 Å². The minimum absolute atomic E-state index is 0.0277. The van der Waals surface area contributed by atoms with Crippen LogP contribution in [0, 0.1) is 22.7 Å². The summed E-state index contributed by atoms with van der Waals surface area (Å²) in [4.78, 5) is 36.7. The number of benzene rings is 1. The van der Waals surface area contributed by atoms with Gasteiger partial charge in [0.25, 0.3) is 0 Å². The van der Waals surface area contributed by atoms with Crippen LogP contribution in [0.4, 0.5) is 0 Å². The van der Waals surface area contributed by atoms with Crippen LogP contribution in [0.25, 0.3) is 0 Å². The summed E-state index contributed by atoms with van der Waals surface area (Å²) in [5.41, 5.74) is 2.29. The SMILES string of the molecule is C=C1CC[C@H]2[C@](C)(COC(C)=O)[C@H](OC(C)=O)CC[C@@]2(C)[C@@H]1C[C@H](N[C@H](C)c1ccccc1)C1=CCOC1=O. The van der Waals surface area contributed by atoms with Crippen molar-refractivity contribution in [2.24, 2.45) is 22.7 Å². The molecule has 1 aliphatic heterocycles. The molecule has 7 heteroatoms. The summed E-state index contributed by atoms with van der Waals surface area (Å²) in [6, 6.07) is 10.0. The van der Waals surface area contributed by atoms with E-state index < -0.39 is 5.41 Å². The molecule has 39 heavy (non-hydrogen) atoms. The summed E-state index contributed by atoms with van der Waals surface area (Å²) in [5, 5.41) is 3.73. The van der Waals surface area contributed by atoms with E-state index in [1.54, 1.807) is 0 Å². The zero-order valence-electron chi connectivity index (χ0n) is 24.0. The Bertz CT molecular complexity index is 1130. The lowest BCUT2D eigenvalue weighted by Crippen LogP contribution is -2.59. The molecule has 4 rings (SSSR count). The van der Waals surface area contributed by atoms with Gasteiger partial charge in [-0.05, 0) is 67.9 Å². The van der Waals surface area contributed by atoms with E-state index in [0.29, 0.717) is 25.0 Å². The second-order valence-corrected chi connectivity index (χ2v) is 12.1. The van der Waals surface area contributed by atoms with E-state index in [-0.39, 0.29) is 60.0 Å². The van der Waals surface area contributed by atoms with Crippen LogP contribution in [0.3, 0.4) is 0 Å². The zero-order valence-corrected chi connectivity index (χ0v) is 24.0. The zero-order chi connectivity index (χ0) is 28.4. The molecule has 3 aliphatic rings. The number of esters is 3. The molecule has 0 radical (unpaired) electrons. The van der Waals surface area contributed by atoms with Gasteiger partial charge in [-0.25, -0.2) is 4.79 Å². The molecule has 212 valence electrons. The van der Waals surface area contributed by atoms with E-state index in [1.165, 1.54) is 19.4 Å². The minimum Gasteiger partial charge on any atom is -0.465 e. The van der Waals surface area contributed by atoms with Gasteiger partial charge in [0.15, 0.2) is 0 Å². The second kappa shape index (κ2) is 11.7. The van der Waals surface area contributed by atoms with Crippen LogP contribution >= 0.6 is 0 Å². The number of cyclic esters (lactones) is 1. The first-order chi connectivity index (χ1) is 18.5. The van der Waals surface area contributed by atoms with Crippen LogP contribution in [0.5, 0.6) is 0 Å². The molecular formula is C32H43NO6. The Morgan fingerprint density at radius 1 is 1.15 bits per heavy atom. The molecule has 7 atom stereocenters. The first kappa shape index (κ1) is 29.1. The van der Waals surface area contributed by atoms with Crippen molar-refractivity contribution in [1.82, 2.24) is 5.32 Å². The van der Waals surface area contributed by atoms with E-state index in [2.05, 4.69) is 44.8 Å². The summed E-state index contributed by atoms with van der Waals surface area (Å²) in [7, 11) is 0. The Balaban J connectivity index is 1.66. The quantitative estimate of drug-likeness (QED) is 0.254. The Hall–Kier alpha value is -2.93. The molecule has 0 unspecified atom stereocenters. The standard InChI is InChI=1S/C32H43NO6/c1-20-12-13-28-31(5,16-14-29(39-23(4)35)32(28,6)19-38-22(3)34)26(20)18-27(25-15-17-37-30(25)36)33-21(2)24-10-8-7-9-11-24/h7-11,15,21,26-29,33H,1,12-14,16-19H2,2-6H3/t21-,26-,27+,28-,29-,31+,32+/m1/s1. The van der Waals surface area contributed by atoms with Crippen LogP contribution in [0.1, 0.15) is 78.3 Å². The number of carbonyl (C=O) groups excluding carboxylic acids is 3. The second-order valence-electron chi connectivity index (χ2n) is 12.1. The maximum Gasteiger partial charge on any atom is 0.335 e. The molecule has 1 aromatic rings. The molecule has 1 heterocycles. The lowest BCUT2D eigenvalue weighted by molar-refractivity contribution is -0.191. The molecule has 0 spiro atoms. The first-order valence-corrected chi connectivity index (χ1v) is 14.1. The van der Waals surface area contributed by atoms with E-state index in [4.69, 9.17) is 14.2 Å². The van der Waals surface area contributed by atoms with Gasteiger partial charge < -0.3 is 19.5 Å². The molecule has 0 bridgehead atoms. The average Bonchev–Trinajstić information content (AvgIpc) is 3.32. The monoisotopic (exact) mass is 537 g/mol. The van der Waals surface area contributed by atoms with Gasteiger partial charge in [0.1, 0.15) is 19.3 Å². The van der Waals surface area contributed by atoms with Crippen LogP contribution in [0.15, 0.2) is 54.1 Å². The van der Waals surface area contributed by atoms with E-state index in [9.17, 15) is 14.4 Å². The fourth-order valence-corrected chi connectivity index (χ4v) is 7.57. The van der Waals surface area contributed by atoms with Crippen LogP contribution in [-0.4, -0.2) is 43.3 Å². The van der Waals surface area contributed by atoms with Gasteiger partial charge in [-0.2, -0.15) is 0 Å². The van der Waals surface area contributed by atoms with E-state index in [0.717, 1.165) is 24.8 Å². The fraction of sp³-hybridized carbons (Fsp3) is 0.594. The lowest BCUT2D eigenvalue weighted by Gasteiger charge is -2.60. The summed E-state index contributed by atoms with van der Waals surface area (Å²) < 4.78 is 16.8. The number of allylic oxidation sites excluding steroid dienone is 1. The Morgan fingerprint density at radius 2 is 1.87 bits per heavy atom. The largest absolute Gasteiger partial charge is 0.465 e. The maximum absolute atomic E-state index is 12.8. The number of hydrogen-bond donors (Lipinski definition) is 1. The molecular weight excluding hydrogens is 494 g/mol. The number of ether oxygens (including phenoxy) is 3. The smallest absolute Gasteiger partial charge is 0.335 e. The summed E-state index contributed by atoms with van der Waals surface area (Å²) >= 11 is 0. The van der Waals surface area contributed by atoms with Crippen molar-refractivity contribution in [2.45, 2.75) is 84.9 Å². The van der Waals surface area contributed by atoms with E-state index in [1.807, 2.05) is 24.3 Å². The predicted octanol–water partition coefficient (Wildman–Crippen LogP) is 5.46. The van der Waals surface area contributed by atoms with Crippen LogP contribution in [0.2, 0.25) is 0 Å². The molecule has 0 aromatic heterocycles. The maximum atomic E-state index is 12.8. The lowest BCUT2D eigenvalue weighted by atomic mass is 9.46. The van der Waals surface area contributed by atoms with Crippen molar-refractivity contribution in [3.63, 3.8) is 0 Å². The Labute approximate surface area is 232 Å². The van der Waals surface area contributed by atoms with E-state index >= 15 is 0 Å². The first-order valence-electron chi connectivity index (χ1n) is 14.1. The minimum atomic E-state index is -0.533. The molecule has 0 saturated heterocycles. The number of rotatable bonds is 9. The van der Waals surface area contributed by atoms with Gasteiger partial charge in [-0.3, -0.25) is 9.59 Å². The number of nitrogens with one attached hydrogen (secondary N) is 1. The number of carbonyl (C=O) groups is 3. The van der Waals surface area contributed by atoms with Gasteiger partial charge in [-0.15, -0.1) is 0 Å². The van der Waals surface area contributed by atoms with Crippen LogP contribution < -0.4 is 5.32 Å². The summed E-state index contributed by atoms with van der Waals surface area (Å²) in [6.07, 6.45) is 5.50. The van der Waals surface area contributed by atoms with Gasteiger partial charge >= 0.3 is 17.9 Å². The molecule has 2 fully saturated rings. The molecule has 0 amide bonds. The third-order valence-corrected chi connectivity index (χ3v) is 9.56. The topological polar surface area (TPSA) is 90.9 Å². The molecule has 1 N–H and O–H groups in total. The molecule has 7 nitrogen and oxygen atoms in total. The van der Waals surface area contributed by atoms with Crippen molar-refractivity contribution in [3.8, 4) is 0 Å². The van der Waals surface area contributed by atoms with Crippen molar-refractivity contribution in [1.29, 1.82) is 0 Å². The number of hydrogen-bond acceptors (Lipinski definition) is 7. The third kappa shape index (κ3) is 5.98. The Kier molecular flexibility index (Phi) is 8.69. The third-order valence-electron chi connectivity index (χ3n) is 9.56. The molecule has 2 aliphatic carbocycles. The molecule has 1 aromatic carbocycles.